The van der Waals surface area contributed by atoms with E-state index in [1.165, 1.54) is 6.11 Å². The molecule has 10 heavy (non-hydrogen) atoms. The molecule has 0 amide bonds. The quantitative estimate of drug-likeness (QED) is 0.522. The molecule has 0 aliphatic rings. The molecule has 5 heteroatoms. The van der Waals surface area contributed by atoms with E-state index in [1.54, 1.807) is 5.92 Å². The largest absolute Gasteiger partial charge is 0.432 e. The van der Waals surface area contributed by atoms with Gasteiger partial charge in [0.15, 0.2) is 0 Å². The van der Waals surface area contributed by atoms with Gasteiger partial charge in [-0.2, -0.15) is 13.2 Å². The van der Waals surface area contributed by atoms with Gasteiger partial charge in [0, 0.05) is 0 Å². The van der Waals surface area contributed by atoms with Crippen LogP contribution in [0.3, 0.4) is 0 Å². The van der Waals surface area contributed by atoms with Gasteiger partial charge in [-0.15, -0.1) is 0 Å². The zero-order chi connectivity index (χ0) is 8.04. The fourth-order valence-electron chi connectivity index (χ4n) is 0.193. The first kappa shape index (κ1) is 8.82. The summed E-state index contributed by atoms with van der Waals surface area (Å²) in [6.07, 6.45) is -4.12. The summed E-state index contributed by atoms with van der Waals surface area (Å²) in [4.78, 5) is 9.20. The highest BCUT2D eigenvalue weighted by Gasteiger charge is 2.25. The lowest BCUT2D eigenvalue weighted by Crippen LogP contribution is -2.04. The van der Waals surface area contributed by atoms with Gasteiger partial charge in [0.1, 0.15) is 12.5 Å². The van der Waals surface area contributed by atoms with Gasteiger partial charge in [0.25, 0.3) is 0 Å². The van der Waals surface area contributed by atoms with E-state index in [9.17, 15) is 18.0 Å². The van der Waals surface area contributed by atoms with Crippen molar-refractivity contribution in [2.45, 2.75) is 12.6 Å². The van der Waals surface area contributed by atoms with E-state index in [2.05, 4.69) is 4.74 Å². The number of hydrogen-bond donors (Lipinski definition) is 0. The van der Waals surface area contributed by atoms with Gasteiger partial charge in [-0.1, -0.05) is 0 Å². The maximum absolute atomic E-state index is 11.2. The van der Waals surface area contributed by atoms with E-state index in [1.807, 2.05) is 0 Å². The predicted molar refractivity (Wildman–Crippen MR) is 25.2 cm³/mol. The predicted octanol–water partition coefficient (Wildman–Crippen LogP) is 0.983. The third kappa shape index (κ3) is 6.82. The Kier molecular flexibility index (Phi) is 3.33. The van der Waals surface area contributed by atoms with E-state index in [4.69, 9.17) is 0 Å². The van der Waals surface area contributed by atoms with Crippen molar-refractivity contribution < 1.29 is 22.7 Å². The van der Waals surface area contributed by atoms with Gasteiger partial charge in [0.05, 0.1) is 0 Å². The second-order valence-electron chi connectivity index (χ2n) is 1.26. The van der Waals surface area contributed by atoms with Crippen LogP contribution in [0.4, 0.5) is 13.2 Å². The summed E-state index contributed by atoms with van der Waals surface area (Å²) in [6.45, 7) is 0.863. The summed E-state index contributed by atoms with van der Waals surface area (Å²) in [7, 11) is 0. The van der Waals surface area contributed by atoms with Crippen LogP contribution in [-0.4, -0.2) is 12.6 Å². The van der Waals surface area contributed by atoms with Crippen molar-refractivity contribution in [2.24, 2.45) is 0 Å². The minimum atomic E-state index is -4.33. The molecule has 0 N–H and O–H groups in total. The Hall–Kier alpha value is -1.18. The van der Waals surface area contributed by atoms with Crippen LogP contribution in [0.2, 0.25) is 0 Å². The Labute approximate surface area is 55.0 Å². The van der Waals surface area contributed by atoms with Crippen molar-refractivity contribution in [3.8, 4) is 12.0 Å². The maximum Gasteiger partial charge on any atom is 0.432 e. The number of halogens is 3. The molecule has 0 rings (SSSR count). The molecule has 0 atom stereocenters. The summed E-state index contributed by atoms with van der Waals surface area (Å²) in [6, 6.07) is 0. The van der Waals surface area contributed by atoms with Crippen LogP contribution < -0.4 is 0 Å². The smallest absolute Gasteiger partial charge is 0.364 e. The zero-order valence-electron chi connectivity index (χ0n) is 4.66. The van der Waals surface area contributed by atoms with Crippen molar-refractivity contribution in [2.75, 3.05) is 0 Å². The van der Waals surface area contributed by atoms with Crippen molar-refractivity contribution in [3.63, 3.8) is 0 Å². The van der Waals surface area contributed by atoms with Gasteiger partial charge in [-0.3, -0.25) is 0 Å². The molecular weight excluding hydrogens is 149 g/mol. The number of hydrogen-bond acceptors (Lipinski definition) is 2. The second kappa shape index (κ2) is 3.77. The van der Waals surface area contributed by atoms with E-state index in [0.717, 1.165) is 6.47 Å². The minimum Gasteiger partial charge on any atom is -0.364 e. The number of ether oxygens (including phenoxy) is 1. The van der Waals surface area contributed by atoms with Crippen molar-refractivity contribution in [3.05, 3.63) is 0 Å². The average Bonchev–Trinajstić information content (AvgIpc) is 1.78. The molecule has 0 heterocycles. The van der Waals surface area contributed by atoms with Gasteiger partial charge >= 0.3 is 12.6 Å². The molecule has 55 valence electrons. The first-order valence-corrected chi connectivity index (χ1v) is 2.14. The molecule has 0 saturated heterocycles. The lowest BCUT2D eigenvalue weighted by Gasteiger charge is -1.96. The molecule has 0 unspecified atom stereocenters. The van der Waals surface area contributed by atoms with Crippen LogP contribution in [0, 0.1) is 12.0 Å². The van der Waals surface area contributed by atoms with E-state index in [-0.39, 0.29) is 0 Å². The topological polar surface area (TPSA) is 26.3 Å². The fraction of sp³-hybridized carbons (Fsp3) is 0.400. The summed E-state index contributed by atoms with van der Waals surface area (Å²) >= 11 is 0. The molecule has 0 aliphatic carbocycles. The molecule has 0 spiro atoms. The van der Waals surface area contributed by atoms with Crippen LogP contribution in [0.25, 0.3) is 0 Å². The van der Waals surface area contributed by atoms with Gasteiger partial charge in [-0.05, 0) is 5.92 Å². The lowest BCUT2D eigenvalue weighted by molar-refractivity contribution is -0.123. The first-order chi connectivity index (χ1) is 4.56. The molecule has 2 nitrogen and oxygen atoms in total. The first-order valence-electron chi connectivity index (χ1n) is 2.14. The number of carbonyl (C=O) groups excluding carboxylic acids is 1. The van der Waals surface area contributed by atoms with Crippen LogP contribution in [0.1, 0.15) is 6.42 Å². The summed E-state index contributed by atoms with van der Waals surface area (Å²) in [5.74, 6) is 1.57. The average molecular weight is 151 g/mol. The van der Waals surface area contributed by atoms with Gasteiger partial charge < -0.3 is 4.74 Å². The highest BCUT2D eigenvalue weighted by molar-refractivity contribution is 5.40. The molecule has 0 saturated carbocycles. The second-order valence-corrected chi connectivity index (χ2v) is 1.26. The molecule has 1 radical (unpaired) electrons. The Bertz CT molecular complexity index is 162. The van der Waals surface area contributed by atoms with Crippen LogP contribution in [-0.2, 0) is 9.53 Å². The normalized spacial score (nSPS) is 9.50. The van der Waals surface area contributed by atoms with E-state index in [0.29, 0.717) is 0 Å². The summed E-state index contributed by atoms with van der Waals surface area (Å²) < 4.78 is 37.2. The maximum atomic E-state index is 11.2. The third-order valence-corrected chi connectivity index (χ3v) is 0.454. The zero-order valence-corrected chi connectivity index (χ0v) is 4.66. The summed E-state index contributed by atoms with van der Waals surface area (Å²) in [5, 5.41) is 0. The molecule has 0 aromatic heterocycles. The fourth-order valence-corrected chi connectivity index (χ4v) is 0.193. The Morgan fingerprint density at radius 2 is 2.00 bits per heavy atom. The van der Waals surface area contributed by atoms with E-state index < -0.39 is 12.6 Å². The van der Waals surface area contributed by atoms with Gasteiger partial charge in [0.2, 0.25) is 0 Å². The lowest BCUT2D eigenvalue weighted by atomic mass is 10.4. The molecule has 0 aromatic rings. The molecule has 0 fully saturated rings. The highest BCUT2D eigenvalue weighted by Crippen LogP contribution is 2.17. The molecular formula is C5H2F3O2. The SMILES string of the molecule is O=[C]OC#CCC(F)(F)F. The van der Waals surface area contributed by atoms with Gasteiger partial charge in [-0.25, -0.2) is 4.79 Å². The van der Waals surface area contributed by atoms with Crippen LogP contribution in [0.15, 0.2) is 0 Å². The summed E-state index contributed by atoms with van der Waals surface area (Å²) in [5.41, 5.74) is 0. The Morgan fingerprint density at radius 1 is 1.40 bits per heavy atom. The third-order valence-electron chi connectivity index (χ3n) is 0.454. The molecule has 0 bridgehead atoms. The Morgan fingerprint density at radius 3 is 2.40 bits per heavy atom. The number of alkyl halides is 3. The van der Waals surface area contributed by atoms with Crippen molar-refractivity contribution in [1.82, 2.24) is 0 Å². The van der Waals surface area contributed by atoms with Crippen molar-refractivity contribution in [1.29, 1.82) is 0 Å². The van der Waals surface area contributed by atoms with Crippen molar-refractivity contribution >= 4 is 6.47 Å². The molecule has 0 aliphatic heterocycles. The standard InChI is InChI=1S/C5H2F3O2/c6-5(7,8)2-1-3-10-4-9/h2H2. The Balaban J connectivity index is 3.55. The van der Waals surface area contributed by atoms with Crippen LogP contribution in [0.5, 0.6) is 0 Å². The van der Waals surface area contributed by atoms with E-state index >= 15 is 0 Å². The van der Waals surface area contributed by atoms with Crippen LogP contribution >= 0.6 is 0 Å². The minimum absolute atomic E-state index is 0.863. The monoisotopic (exact) mass is 151 g/mol. The number of rotatable bonds is 1. The highest BCUT2D eigenvalue weighted by atomic mass is 19.4. The molecule has 0 aromatic carbocycles.